The van der Waals surface area contributed by atoms with E-state index < -0.39 is 13.9 Å². The average molecular weight is 747 g/mol. The van der Waals surface area contributed by atoms with Crippen molar-refractivity contribution in [3.05, 3.63) is 12.2 Å². The van der Waals surface area contributed by atoms with E-state index in [2.05, 4.69) is 26.0 Å². The lowest BCUT2D eigenvalue weighted by atomic mass is 10.0. The maximum absolute atomic E-state index is 12.6. The summed E-state index contributed by atoms with van der Waals surface area (Å²) in [7, 11) is 1.66. The summed E-state index contributed by atoms with van der Waals surface area (Å²) in [6, 6.07) is 0. The van der Waals surface area contributed by atoms with Crippen LogP contribution in [0.1, 0.15) is 194 Å². The van der Waals surface area contributed by atoms with Crippen molar-refractivity contribution < 1.29 is 37.3 Å². The summed E-state index contributed by atoms with van der Waals surface area (Å²) in [5.74, 6) is -0.320. The van der Waals surface area contributed by atoms with E-state index >= 15 is 0 Å². The zero-order valence-corrected chi connectivity index (χ0v) is 35.3. The Balaban J connectivity index is 4.25. The number of phosphoric ester groups is 1. The third kappa shape index (κ3) is 40.3. The van der Waals surface area contributed by atoms with E-state index in [0.29, 0.717) is 24.1 Å². The number of carbonyl (C=O) groups excluding carboxylic acids is 1. The first kappa shape index (κ1) is 50.2. The fourth-order valence-electron chi connectivity index (χ4n) is 5.97. The Bertz CT molecular complexity index is 833. The molecule has 1 N–H and O–H groups in total. The summed E-state index contributed by atoms with van der Waals surface area (Å²) in [6.07, 6.45) is 38.2. The second kappa shape index (κ2) is 36.2. The highest BCUT2D eigenvalue weighted by Crippen LogP contribution is 2.43. The Hall–Kier alpha value is -0.760. The number of rotatable bonds is 40. The number of unbranched alkanes of at least 4 members (excludes halogenated alkanes) is 24. The van der Waals surface area contributed by atoms with Crippen LogP contribution >= 0.6 is 7.82 Å². The van der Waals surface area contributed by atoms with E-state index in [1.807, 2.05) is 21.1 Å². The Morgan fingerprint density at radius 1 is 0.588 bits per heavy atom. The fraction of sp³-hybridized carbons (Fsp3) is 0.929. The van der Waals surface area contributed by atoms with Crippen LogP contribution in [0.5, 0.6) is 0 Å². The smallest absolute Gasteiger partial charge is 0.457 e. The predicted molar refractivity (Wildman–Crippen MR) is 215 cm³/mol. The zero-order valence-electron chi connectivity index (χ0n) is 34.4. The quantitative estimate of drug-likeness (QED) is 0.0219. The van der Waals surface area contributed by atoms with E-state index in [0.717, 1.165) is 38.5 Å². The maximum atomic E-state index is 12.6. The minimum atomic E-state index is -4.27. The molecular formula is C42H85NO7P+. The van der Waals surface area contributed by atoms with Crippen LogP contribution in [0.4, 0.5) is 0 Å². The molecular weight excluding hydrogens is 661 g/mol. The van der Waals surface area contributed by atoms with E-state index in [9.17, 15) is 14.3 Å². The van der Waals surface area contributed by atoms with Crippen LogP contribution in [0.25, 0.3) is 0 Å². The molecule has 0 heterocycles. The molecule has 0 amide bonds. The van der Waals surface area contributed by atoms with Gasteiger partial charge in [-0.2, -0.15) is 0 Å². The molecule has 0 saturated heterocycles. The van der Waals surface area contributed by atoms with Crippen LogP contribution < -0.4 is 0 Å². The molecule has 0 aliphatic rings. The maximum Gasteiger partial charge on any atom is 0.472 e. The standard InChI is InChI=1S/C42H84NO7P/c1-6-8-10-12-14-16-18-20-21-22-24-26-28-30-32-34-37-47-39-41(40-49-51(45,46)48-38-36-43(3,4)5)50-42(44)35-33-31-29-27-25-23-19-17-15-13-11-9-7-2/h28,30,41H,6-27,29,31-40H2,1-5H3/p+1/b30-28-. The minimum Gasteiger partial charge on any atom is -0.457 e. The largest absolute Gasteiger partial charge is 0.472 e. The molecule has 0 fully saturated rings. The molecule has 51 heavy (non-hydrogen) atoms. The Morgan fingerprint density at radius 2 is 1.02 bits per heavy atom. The van der Waals surface area contributed by atoms with Crippen molar-refractivity contribution in [1.82, 2.24) is 0 Å². The second-order valence-electron chi connectivity index (χ2n) is 15.7. The second-order valence-corrected chi connectivity index (χ2v) is 17.2. The van der Waals surface area contributed by atoms with Gasteiger partial charge in [-0.25, -0.2) is 4.57 Å². The number of nitrogens with zero attached hydrogens (tertiary/aromatic N) is 1. The van der Waals surface area contributed by atoms with Crippen molar-refractivity contribution in [2.45, 2.75) is 200 Å². The van der Waals surface area contributed by atoms with Crippen molar-refractivity contribution >= 4 is 13.8 Å². The average Bonchev–Trinajstić information content (AvgIpc) is 3.08. The lowest BCUT2D eigenvalue weighted by Crippen LogP contribution is -2.37. The third-order valence-corrected chi connectivity index (χ3v) is 10.3. The molecule has 0 rings (SSSR count). The van der Waals surface area contributed by atoms with E-state index in [4.69, 9.17) is 18.5 Å². The summed E-state index contributed by atoms with van der Waals surface area (Å²) < 4.78 is 34.9. The summed E-state index contributed by atoms with van der Waals surface area (Å²) >= 11 is 0. The molecule has 9 heteroatoms. The molecule has 0 aromatic heterocycles. The number of ether oxygens (including phenoxy) is 2. The number of hydrogen-bond donors (Lipinski definition) is 1. The molecule has 8 nitrogen and oxygen atoms in total. The molecule has 0 radical (unpaired) electrons. The molecule has 0 saturated carbocycles. The highest BCUT2D eigenvalue weighted by atomic mass is 31.2. The number of quaternary nitrogens is 1. The highest BCUT2D eigenvalue weighted by Gasteiger charge is 2.26. The SMILES string of the molecule is CCCCCCCCCCCCC/C=C\CCCOCC(COP(=O)(O)OCC[N+](C)(C)C)OC(=O)CCCCCCCCCCCCCCC. The van der Waals surface area contributed by atoms with Crippen LogP contribution in [-0.4, -0.2) is 75.6 Å². The minimum absolute atomic E-state index is 0.0874. The summed E-state index contributed by atoms with van der Waals surface area (Å²) in [5, 5.41) is 0. The van der Waals surface area contributed by atoms with Crippen LogP contribution in [0, 0.1) is 0 Å². The molecule has 0 aromatic rings. The monoisotopic (exact) mass is 747 g/mol. The third-order valence-electron chi connectivity index (χ3n) is 9.33. The van der Waals surface area contributed by atoms with Gasteiger partial charge in [-0.15, -0.1) is 0 Å². The van der Waals surface area contributed by atoms with Gasteiger partial charge in [0.1, 0.15) is 19.3 Å². The number of esters is 1. The first-order valence-corrected chi connectivity index (χ1v) is 22.9. The Kier molecular flexibility index (Phi) is 35.7. The van der Waals surface area contributed by atoms with Crippen LogP contribution in [-0.2, 0) is 27.9 Å². The first-order valence-electron chi connectivity index (χ1n) is 21.4. The molecule has 0 aliphatic carbocycles. The molecule has 0 aromatic carbocycles. The van der Waals surface area contributed by atoms with Gasteiger partial charge in [-0.05, 0) is 32.1 Å². The number of allylic oxidation sites excluding steroid dienone is 2. The van der Waals surface area contributed by atoms with Crippen molar-refractivity contribution in [2.75, 3.05) is 54.1 Å². The predicted octanol–water partition coefficient (Wildman–Crippen LogP) is 12.3. The van der Waals surface area contributed by atoms with Gasteiger partial charge < -0.3 is 18.9 Å². The van der Waals surface area contributed by atoms with E-state index in [-0.39, 0.29) is 25.8 Å². The van der Waals surface area contributed by atoms with Crippen LogP contribution in [0.3, 0.4) is 0 Å². The lowest BCUT2D eigenvalue weighted by molar-refractivity contribution is -0.870. The van der Waals surface area contributed by atoms with Gasteiger partial charge in [0.05, 0.1) is 34.4 Å². The Morgan fingerprint density at radius 3 is 1.49 bits per heavy atom. The van der Waals surface area contributed by atoms with Crippen LogP contribution in [0.2, 0.25) is 0 Å². The van der Waals surface area contributed by atoms with E-state index in [1.54, 1.807) is 0 Å². The molecule has 0 spiro atoms. The number of phosphoric acid groups is 1. The van der Waals surface area contributed by atoms with Crippen molar-refractivity contribution in [3.8, 4) is 0 Å². The molecule has 2 unspecified atom stereocenters. The summed E-state index contributed by atoms with van der Waals surface area (Å²) in [6.45, 7) is 5.56. The topological polar surface area (TPSA) is 91.3 Å². The Labute approximate surface area is 316 Å². The van der Waals surface area contributed by atoms with Gasteiger partial charge in [0.2, 0.25) is 0 Å². The molecule has 304 valence electrons. The normalized spacial score (nSPS) is 13.9. The number of likely N-dealkylation sites (N-methyl/N-ethyl adjacent to an activating group) is 1. The van der Waals surface area contributed by atoms with Crippen molar-refractivity contribution in [3.63, 3.8) is 0 Å². The van der Waals surface area contributed by atoms with Gasteiger partial charge in [0.15, 0.2) is 0 Å². The lowest BCUT2D eigenvalue weighted by Gasteiger charge is -2.24. The molecule has 0 aliphatic heterocycles. The molecule has 0 bridgehead atoms. The van der Waals surface area contributed by atoms with Gasteiger partial charge in [-0.1, -0.05) is 167 Å². The van der Waals surface area contributed by atoms with Crippen molar-refractivity contribution in [1.29, 1.82) is 0 Å². The van der Waals surface area contributed by atoms with Gasteiger partial charge >= 0.3 is 13.8 Å². The van der Waals surface area contributed by atoms with E-state index in [1.165, 1.54) is 135 Å². The molecule has 2 atom stereocenters. The van der Waals surface area contributed by atoms with Gasteiger partial charge in [0, 0.05) is 13.0 Å². The summed E-state index contributed by atoms with van der Waals surface area (Å²) in [4.78, 5) is 22.8. The van der Waals surface area contributed by atoms with Crippen LogP contribution in [0.15, 0.2) is 12.2 Å². The summed E-state index contributed by atoms with van der Waals surface area (Å²) in [5.41, 5.74) is 0. The number of carbonyl (C=O) groups is 1. The fourth-order valence-corrected chi connectivity index (χ4v) is 6.71. The van der Waals surface area contributed by atoms with Crippen molar-refractivity contribution in [2.24, 2.45) is 0 Å². The van der Waals surface area contributed by atoms with Gasteiger partial charge in [0.25, 0.3) is 0 Å². The number of hydrogen-bond acceptors (Lipinski definition) is 6. The highest BCUT2D eigenvalue weighted by molar-refractivity contribution is 7.47. The first-order chi connectivity index (χ1) is 24.6. The van der Waals surface area contributed by atoms with Gasteiger partial charge in [-0.3, -0.25) is 13.8 Å². The zero-order chi connectivity index (χ0) is 37.7.